The molecule has 0 aromatic carbocycles. The molecule has 9 atom stereocenters. The van der Waals surface area contributed by atoms with Crippen LogP contribution in [0, 0.1) is 0 Å². The topological polar surface area (TPSA) is 262 Å². The highest BCUT2D eigenvalue weighted by atomic mass is 31.2. The van der Waals surface area contributed by atoms with Crippen molar-refractivity contribution in [1.82, 2.24) is 14.9 Å². The summed E-state index contributed by atoms with van der Waals surface area (Å²) >= 11 is 0. The average molecular weight is 538 g/mol. The van der Waals surface area contributed by atoms with E-state index in [2.05, 4.69) is 10.3 Å². The van der Waals surface area contributed by atoms with Crippen molar-refractivity contribution in [2.45, 2.75) is 68.8 Å². The van der Waals surface area contributed by atoms with Gasteiger partial charge >= 0.3 is 19.5 Å². The second kappa shape index (κ2) is 10.5. The molecule has 8 N–H and O–H groups in total. The summed E-state index contributed by atoms with van der Waals surface area (Å²) in [5.74, 6) is -5.29. The number of nitrogen functional groups attached to an aromatic ring is 1. The molecular weight excluding hydrogens is 511 g/mol. The van der Waals surface area contributed by atoms with Gasteiger partial charge in [-0.05, 0) is 13.0 Å². The van der Waals surface area contributed by atoms with Crippen molar-refractivity contribution >= 4 is 25.5 Å². The molecule has 17 nitrogen and oxygen atoms in total. The third-order valence-electron chi connectivity index (χ3n) is 5.60. The van der Waals surface area contributed by atoms with Crippen LogP contribution in [0.5, 0.6) is 0 Å². The number of aliphatic hydroxyl groups is 3. The second-order valence-corrected chi connectivity index (χ2v) is 9.70. The number of anilines is 1. The van der Waals surface area contributed by atoms with E-state index < -0.39 is 87.0 Å². The van der Waals surface area contributed by atoms with Gasteiger partial charge in [0, 0.05) is 19.5 Å². The third-order valence-corrected chi connectivity index (χ3v) is 6.60. The van der Waals surface area contributed by atoms with Crippen LogP contribution >= 0.6 is 7.82 Å². The van der Waals surface area contributed by atoms with Gasteiger partial charge in [0.1, 0.15) is 24.1 Å². The van der Waals surface area contributed by atoms with Crippen molar-refractivity contribution in [2.24, 2.45) is 0 Å². The number of nitrogens with zero attached hydrogens (tertiary/aromatic N) is 2. The van der Waals surface area contributed by atoms with Crippen LogP contribution in [0.4, 0.5) is 5.82 Å². The first-order valence-corrected chi connectivity index (χ1v) is 12.1. The molecule has 0 aliphatic carbocycles. The molecule has 202 valence electrons. The maximum Gasteiger partial charge on any atom is 0.475 e. The molecule has 2 aliphatic rings. The maximum atomic E-state index is 12.6. The second-order valence-electron chi connectivity index (χ2n) is 8.32. The fraction of sp³-hybridized carbons (Fsp3) is 0.667. The number of carboxylic acid groups (broad SMARTS) is 1. The summed E-state index contributed by atoms with van der Waals surface area (Å²) in [6.45, 7) is 1.60. The van der Waals surface area contributed by atoms with Crippen molar-refractivity contribution < 1.29 is 58.0 Å². The first kappa shape index (κ1) is 28.1. The normalized spacial score (nSPS) is 36.2. The van der Waals surface area contributed by atoms with Gasteiger partial charge in [-0.3, -0.25) is 13.9 Å². The Morgan fingerprint density at radius 3 is 2.58 bits per heavy atom. The zero-order valence-corrected chi connectivity index (χ0v) is 19.9. The van der Waals surface area contributed by atoms with Crippen LogP contribution in [0.2, 0.25) is 0 Å². The monoisotopic (exact) mass is 538 g/mol. The van der Waals surface area contributed by atoms with Crippen molar-refractivity contribution in [3.63, 3.8) is 0 Å². The number of phosphoric acid groups is 1. The van der Waals surface area contributed by atoms with E-state index in [-0.39, 0.29) is 5.82 Å². The van der Waals surface area contributed by atoms with Crippen LogP contribution in [0.1, 0.15) is 26.5 Å². The Hall–Kier alpha value is -2.47. The number of rotatable bonds is 8. The molecule has 3 rings (SSSR count). The van der Waals surface area contributed by atoms with Crippen molar-refractivity contribution in [2.75, 3.05) is 12.3 Å². The highest BCUT2D eigenvalue weighted by molar-refractivity contribution is 7.47. The van der Waals surface area contributed by atoms with Gasteiger partial charge in [-0.15, -0.1) is 0 Å². The SMILES string of the molecule is CC(=O)NC1C(O)CC(OP(=O)(O)OCC2OC(n3ccc(N)nc3=O)C(O)C2O)(C(=O)O)OC1C. The lowest BCUT2D eigenvalue weighted by Gasteiger charge is -2.43. The van der Waals surface area contributed by atoms with Crippen LogP contribution in [-0.4, -0.2) is 95.7 Å². The number of aliphatic hydroxyl groups excluding tert-OH is 3. The van der Waals surface area contributed by atoms with Crippen LogP contribution in [0.3, 0.4) is 0 Å². The summed E-state index contributed by atoms with van der Waals surface area (Å²) in [7, 11) is -5.26. The molecule has 1 amide bonds. The first-order chi connectivity index (χ1) is 16.7. The number of nitrogens with one attached hydrogen (secondary N) is 1. The lowest BCUT2D eigenvalue weighted by molar-refractivity contribution is -0.266. The minimum absolute atomic E-state index is 0.0948. The van der Waals surface area contributed by atoms with E-state index >= 15 is 0 Å². The molecule has 1 aromatic rings. The molecular formula is C18H27N4O13P. The number of aliphatic carboxylic acids is 1. The van der Waals surface area contributed by atoms with Gasteiger partial charge in [0.2, 0.25) is 5.91 Å². The fourth-order valence-corrected chi connectivity index (χ4v) is 4.87. The molecule has 9 unspecified atom stereocenters. The predicted octanol–water partition coefficient (Wildman–Crippen LogP) is -2.97. The zero-order valence-electron chi connectivity index (χ0n) is 19.0. The summed E-state index contributed by atoms with van der Waals surface area (Å²) in [5.41, 5.74) is 4.51. The molecule has 1 aromatic heterocycles. The van der Waals surface area contributed by atoms with Crippen LogP contribution < -0.4 is 16.7 Å². The molecule has 0 bridgehead atoms. The highest BCUT2D eigenvalue weighted by Crippen LogP contribution is 2.51. The Balaban J connectivity index is 1.69. The fourth-order valence-electron chi connectivity index (χ4n) is 3.92. The number of carbonyl (C=O) groups excluding carboxylic acids is 1. The summed E-state index contributed by atoms with van der Waals surface area (Å²) in [5, 5.41) is 42.9. The number of amides is 1. The summed E-state index contributed by atoms with van der Waals surface area (Å²) in [6, 6.07) is 0.217. The Morgan fingerprint density at radius 1 is 1.36 bits per heavy atom. The standard InChI is InChI=1S/C18H27N4O13P/c1-7-12(20-8(2)23)9(24)5-18(34-7,16(27)28)35-36(30,31)32-6-10-13(25)14(26)15(33-10)22-4-3-11(19)21-17(22)29/h3-4,7,9-10,12-15,24-26H,5-6H2,1-2H3,(H,20,23)(H,27,28)(H,30,31)(H2,19,21,29). The van der Waals surface area contributed by atoms with E-state index in [1.54, 1.807) is 0 Å². The van der Waals surface area contributed by atoms with Gasteiger partial charge < -0.3 is 45.8 Å². The van der Waals surface area contributed by atoms with E-state index in [0.29, 0.717) is 0 Å². The largest absolute Gasteiger partial charge is 0.477 e. The number of hydrogen-bond donors (Lipinski definition) is 7. The van der Waals surface area contributed by atoms with Crippen molar-refractivity contribution in [3.8, 4) is 0 Å². The van der Waals surface area contributed by atoms with Gasteiger partial charge in [-0.2, -0.15) is 4.98 Å². The Bertz CT molecular complexity index is 1090. The number of aromatic nitrogens is 2. The average Bonchev–Trinajstić information content (AvgIpc) is 3.03. The van der Waals surface area contributed by atoms with Gasteiger partial charge in [-0.1, -0.05) is 0 Å². The van der Waals surface area contributed by atoms with E-state index in [0.717, 1.165) is 10.8 Å². The molecule has 0 spiro atoms. The molecule has 36 heavy (non-hydrogen) atoms. The molecule has 2 saturated heterocycles. The van der Waals surface area contributed by atoms with Crippen LogP contribution in [-0.2, 0) is 32.7 Å². The quantitative estimate of drug-likeness (QED) is 0.163. The first-order valence-electron chi connectivity index (χ1n) is 10.6. The molecule has 2 aliphatic heterocycles. The van der Waals surface area contributed by atoms with E-state index in [9.17, 15) is 44.3 Å². The third kappa shape index (κ3) is 5.91. The number of phosphoric ester groups is 1. The van der Waals surface area contributed by atoms with Crippen LogP contribution in [0.15, 0.2) is 17.1 Å². The van der Waals surface area contributed by atoms with Gasteiger partial charge in [0.05, 0.1) is 24.9 Å². The van der Waals surface area contributed by atoms with E-state index in [1.807, 2.05) is 0 Å². The van der Waals surface area contributed by atoms with E-state index in [4.69, 9.17) is 24.3 Å². The summed E-state index contributed by atoms with van der Waals surface area (Å²) in [4.78, 5) is 48.9. The lowest BCUT2D eigenvalue weighted by atomic mass is 9.94. The number of carbonyl (C=O) groups is 2. The van der Waals surface area contributed by atoms with Gasteiger partial charge in [0.25, 0.3) is 5.79 Å². The molecule has 3 heterocycles. The highest BCUT2D eigenvalue weighted by Gasteiger charge is 2.56. The zero-order chi connectivity index (χ0) is 27.0. The molecule has 0 radical (unpaired) electrons. The smallest absolute Gasteiger partial charge is 0.475 e. The molecule has 2 fully saturated rings. The number of hydrogen-bond acceptors (Lipinski definition) is 13. The summed E-state index contributed by atoms with van der Waals surface area (Å²) in [6.07, 6.45) is -8.64. The summed E-state index contributed by atoms with van der Waals surface area (Å²) < 4.78 is 33.7. The minimum Gasteiger partial charge on any atom is -0.477 e. The Morgan fingerprint density at radius 2 is 2.03 bits per heavy atom. The lowest BCUT2D eigenvalue weighted by Crippen LogP contribution is -2.62. The van der Waals surface area contributed by atoms with E-state index in [1.165, 1.54) is 19.9 Å². The number of ether oxygens (including phenoxy) is 2. The predicted molar refractivity (Wildman–Crippen MR) is 115 cm³/mol. The van der Waals surface area contributed by atoms with Crippen LogP contribution in [0.25, 0.3) is 0 Å². The minimum atomic E-state index is -5.26. The molecule has 18 heteroatoms. The Kier molecular flexibility index (Phi) is 8.19. The number of nitrogens with two attached hydrogens (primary N) is 1. The van der Waals surface area contributed by atoms with Crippen molar-refractivity contribution in [1.29, 1.82) is 0 Å². The Labute approximate surface area is 203 Å². The van der Waals surface area contributed by atoms with Crippen molar-refractivity contribution in [3.05, 3.63) is 22.7 Å². The number of carboxylic acids is 1. The molecule has 0 saturated carbocycles. The van der Waals surface area contributed by atoms with Gasteiger partial charge in [-0.25, -0.2) is 18.7 Å². The van der Waals surface area contributed by atoms with Gasteiger partial charge in [0.15, 0.2) is 6.23 Å². The maximum absolute atomic E-state index is 12.6.